The van der Waals surface area contributed by atoms with E-state index in [4.69, 9.17) is 4.74 Å². The van der Waals surface area contributed by atoms with E-state index < -0.39 is 0 Å². The van der Waals surface area contributed by atoms with E-state index in [1.165, 1.54) is 11.1 Å². The summed E-state index contributed by atoms with van der Waals surface area (Å²) in [5.74, 6) is 1.69. The molecule has 0 amide bonds. The van der Waals surface area contributed by atoms with Gasteiger partial charge in [-0.15, -0.1) is 0 Å². The van der Waals surface area contributed by atoms with Crippen molar-refractivity contribution in [3.8, 4) is 0 Å². The minimum absolute atomic E-state index is 0.351. The van der Waals surface area contributed by atoms with Gasteiger partial charge < -0.3 is 9.84 Å². The molecule has 0 aliphatic rings. The molecule has 0 aliphatic carbocycles. The average molecular weight is 268 g/mol. The first-order valence-corrected chi connectivity index (χ1v) is 7.77. The summed E-state index contributed by atoms with van der Waals surface area (Å²) in [4.78, 5) is 0. The van der Waals surface area contributed by atoms with Gasteiger partial charge in [-0.3, -0.25) is 0 Å². The van der Waals surface area contributed by atoms with Crippen LogP contribution in [0.25, 0.3) is 0 Å². The zero-order valence-corrected chi connectivity index (χ0v) is 12.2. The number of ether oxygens (including phenoxy) is 1. The number of hydrogen-bond donors (Lipinski definition) is 1. The van der Waals surface area contributed by atoms with Crippen molar-refractivity contribution in [2.24, 2.45) is 0 Å². The highest BCUT2D eigenvalue weighted by Gasteiger charge is 2.05. The smallest absolute Gasteiger partial charge is 0.0863 e. The average Bonchev–Trinajstić information content (AvgIpc) is 2.37. The van der Waals surface area contributed by atoms with Crippen molar-refractivity contribution in [2.45, 2.75) is 38.5 Å². The Morgan fingerprint density at radius 1 is 1.33 bits per heavy atom. The Kier molecular flexibility index (Phi) is 8.14. The van der Waals surface area contributed by atoms with Crippen LogP contribution in [0, 0.1) is 6.92 Å². The first-order valence-electron chi connectivity index (χ1n) is 6.62. The predicted molar refractivity (Wildman–Crippen MR) is 79.1 cm³/mol. The van der Waals surface area contributed by atoms with Gasteiger partial charge >= 0.3 is 0 Å². The molecule has 0 radical (unpaired) electrons. The summed E-state index contributed by atoms with van der Waals surface area (Å²) >= 11 is 1.76. The van der Waals surface area contributed by atoms with Crippen molar-refractivity contribution in [3.63, 3.8) is 0 Å². The van der Waals surface area contributed by atoms with Crippen molar-refractivity contribution in [3.05, 3.63) is 35.4 Å². The maximum atomic E-state index is 9.75. The van der Waals surface area contributed by atoms with Crippen LogP contribution >= 0.6 is 11.8 Å². The maximum absolute atomic E-state index is 9.75. The lowest BCUT2D eigenvalue weighted by Gasteiger charge is -2.11. The molecule has 0 spiro atoms. The van der Waals surface area contributed by atoms with E-state index in [1.54, 1.807) is 11.8 Å². The highest BCUT2D eigenvalue weighted by molar-refractivity contribution is 7.98. The number of rotatable bonds is 9. The molecule has 0 saturated heterocycles. The molecule has 1 rings (SSSR count). The van der Waals surface area contributed by atoms with Crippen LogP contribution in [0.3, 0.4) is 0 Å². The summed E-state index contributed by atoms with van der Waals surface area (Å²) in [6, 6.07) is 8.39. The van der Waals surface area contributed by atoms with E-state index >= 15 is 0 Å². The number of aliphatic hydroxyl groups is 1. The first-order chi connectivity index (χ1) is 8.74. The molecule has 0 heterocycles. The van der Waals surface area contributed by atoms with Crippen LogP contribution in [0.5, 0.6) is 0 Å². The van der Waals surface area contributed by atoms with Gasteiger partial charge in [-0.1, -0.05) is 37.6 Å². The molecule has 1 aromatic rings. The summed E-state index contributed by atoms with van der Waals surface area (Å²) < 4.78 is 5.40. The molecule has 1 aromatic carbocycles. The lowest BCUT2D eigenvalue weighted by molar-refractivity contribution is 0.0473. The second-order valence-corrected chi connectivity index (χ2v) is 5.55. The molecule has 0 saturated carbocycles. The van der Waals surface area contributed by atoms with E-state index in [-0.39, 0.29) is 6.10 Å². The summed E-state index contributed by atoms with van der Waals surface area (Å²) in [5, 5.41) is 9.75. The second-order valence-electron chi connectivity index (χ2n) is 4.52. The second kappa shape index (κ2) is 9.42. The van der Waals surface area contributed by atoms with Crippen LogP contribution < -0.4 is 0 Å². The molecule has 0 aromatic heterocycles. The molecule has 18 heavy (non-hydrogen) atoms. The molecule has 1 atom stereocenters. The van der Waals surface area contributed by atoms with Gasteiger partial charge in [0.1, 0.15) is 0 Å². The topological polar surface area (TPSA) is 29.5 Å². The molecule has 0 fully saturated rings. The monoisotopic (exact) mass is 268 g/mol. The first kappa shape index (κ1) is 15.5. The standard InChI is InChI=1S/C15H24O2S/c1-3-4-9-17-10-15(16)12-18-11-14-8-6-5-7-13(14)2/h5-8,15-16H,3-4,9-12H2,1-2H3. The van der Waals surface area contributed by atoms with Crippen molar-refractivity contribution in [1.82, 2.24) is 0 Å². The number of aliphatic hydroxyl groups excluding tert-OH is 1. The quantitative estimate of drug-likeness (QED) is 0.696. The fraction of sp³-hybridized carbons (Fsp3) is 0.600. The maximum Gasteiger partial charge on any atom is 0.0863 e. The summed E-state index contributed by atoms with van der Waals surface area (Å²) in [6.07, 6.45) is 1.86. The van der Waals surface area contributed by atoms with Crippen LogP contribution in [-0.4, -0.2) is 30.2 Å². The van der Waals surface area contributed by atoms with Gasteiger partial charge in [-0.05, 0) is 24.5 Å². The Morgan fingerprint density at radius 3 is 2.83 bits per heavy atom. The SMILES string of the molecule is CCCCOCC(O)CSCc1ccccc1C. The zero-order valence-electron chi connectivity index (χ0n) is 11.4. The number of benzene rings is 1. The van der Waals surface area contributed by atoms with Crippen LogP contribution in [0.4, 0.5) is 0 Å². The molecule has 1 unspecified atom stereocenters. The van der Waals surface area contributed by atoms with Gasteiger partial charge in [0, 0.05) is 18.1 Å². The van der Waals surface area contributed by atoms with Crippen LogP contribution in [0.2, 0.25) is 0 Å². The van der Waals surface area contributed by atoms with Crippen molar-refractivity contribution < 1.29 is 9.84 Å². The molecule has 0 bridgehead atoms. The minimum Gasteiger partial charge on any atom is -0.390 e. The highest BCUT2D eigenvalue weighted by Crippen LogP contribution is 2.16. The van der Waals surface area contributed by atoms with E-state index in [0.29, 0.717) is 6.61 Å². The molecule has 2 nitrogen and oxygen atoms in total. The van der Waals surface area contributed by atoms with E-state index in [0.717, 1.165) is 31.0 Å². The van der Waals surface area contributed by atoms with Crippen LogP contribution in [0.15, 0.2) is 24.3 Å². The number of thioether (sulfide) groups is 1. The Bertz CT molecular complexity index is 328. The molecule has 1 N–H and O–H groups in total. The van der Waals surface area contributed by atoms with Crippen LogP contribution in [0.1, 0.15) is 30.9 Å². The van der Waals surface area contributed by atoms with Gasteiger partial charge in [0.2, 0.25) is 0 Å². The van der Waals surface area contributed by atoms with Crippen molar-refractivity contribution >= 4 is 11.8 Å². The third kappa shape index (κ3) is 6.43. The Balaban J connectivity index is 2.12. The zero-order chi connectivity index (χ0) is 13.2. The fourth-order valence-electron chi connectivity index (χ4n) is 1.59. The number of unbranched alkanes of at least 4 members (excludes halogenated alkanes) is 1. The number of hydrogen-bond acceptors (Lipinski definition) is 3. The van der Waals surface area contributed by atoms with Crippen molar-refractivity contribution in [2.75, 3.05) is 19.0 Å². The van der Waals surface area contributed by atoms with Gasteiger partial charge in [0.15, 0.2) is 0 Å². The lowest BCUT2D eigenvalue weighted by atomic mass is 10.1. The van der Waals surface area contributed by atoms with Gasteiger partial charge in [-0.25, -0.2) is 0 Å². The predicted octanol–water partition coefficient (Wildman–Crippen LogP) is 3.41. The Hall–Kier alpha value is -0.510. The lowest BCUT2D eigenvalue weighted by Crippen LogP contribution is -2.18. The normalized spacial score (nSPS) is 12.6. The van der Waals surface area contributed by atoms with Gasteiger partial charge in [0.05, 0.1) is 12.7 Å². The van der Waals surface area contributed by atoms with E-state index in [1.807, 2.05) is 0 Å². The fourth-order valence-corrected chi connectivity index (χ4v) is 2.62. The molecule has 0 aliphatic heterocycles. The van der Waals surface area contributed by atoms with E-state index in [2.05, 4.69) is 38.1 Å². The molecular weight excluding hydrogens is 244 g/mol. The summed E-state index contributed by atoms with van der Waals surface area (Å²) in [6.45, 7) is 5.48. The molecule has 3 heteroatoms. The summed E-state index contributed by atoms with van der Waals surface area (Å²) in [5.41, 5.74) is 2.67. The molecule has 102 valence electrons. The minimum atomic E-state index is -0.351. The third-order valence-electron chi connectivity index (χ3n) is 2.78. The Morgan fingerprint density at radius 2 is 2.11 bits per heavy atom. The van der Waals surface area contributed by atoms with Gasteiger partial charge in [0.25, 0.3) is 0 Å². The Labute approximate surface area is 115 Å². The summed E-state index contributed by atoms with van der Waals surface area (Å²) in [7, 11) is 0. The largest absolute Gasteiger partial charge is 0.390 e. The number of aryl methyl sites for hydroxylation is 1. The third-order valence-corrected chi connectivity index (χ3v) is 3.92. The molecular formula is C15H24O2S. The highest BCUT2D eigenvalue weighted by atomic mass is 32.2. The van der Waals surface area contributed by atoms with E-state index in [9.17, 15) is 5.11 Å². The van der Waals surface area contributed by atoms with Crippen molar-refractivity contribution in [1.29, 1.82) is 0 Å². The van der Waals surface area contributed by atoms with Crippen LogP contribution in [-0.2, 0) is 10.5 Å². The van der Waals surface area contributed by atoms with Gasteiger partial charge in [-0.2, -0.15) is 11.8 Å².